The van der Waals surface area contributed by atoms with Crippen LogP contribution >= 0.6 is 0 Å². The van der Waals surface area contributed by atoms with Gasteiger partial charge in [0.1, 0.15) is 22.8 Å². The molecular formula is C30H37N3O7. The zero-order valence-corrected chi connectivity index (χ0v) is 22.9. The molecule has 0 spiro atoms. The van der Waals surface area contributed by atoms with E-state index in [-0.39, 0.29) is 23.3 Å². The van der Waals surface area contributed by atoms with E-state index in [1.807, 2.05) is 6.07 Å². The van der Waals surface area contributed by atoms with Crippen molar-refractivity contribution in [1.29, 1.82) is 0 Å². The van der Waals surface area contributed by atoms with Crippen LogP contribution in [0.25, 0.3) is 0 Å². The molecule has 0 saturated heterocycles. The number of phenols is 1. The number of ketones is 2. The van der Waals surface area contributed by atoms with Crippen LogP contribution in [0.1, 0.15) is 53.6 Å². The number of Topliss-reactive ketones (excluding diaryl/α,β-unsaturated/α-hetero) is 2. The lowest BCUT2D eigenvalue weighted by molar-refractivity contribution is -0.148. The molecule has 5 aliphatic carbocycles. The molecule has 6 N–H and O–H groups in total. The van der Waals surface area contributed by atoms with E-state index >= 15 is 0 Å². The number of carbonyl (C=O) groups is 3. The molecule has 0 aromatic heterocycles. The van der Waals surface area contributed by atoms with E-state index in [4.69, 9.17) is 5.73 Å². The van der Waals surface area contributed by atoms with Gasteiger partial charge in [0.05, 0.1) is 11.6 Å². The number of aliphatic hydroxyl groups is 3. The molecule has 0 radical (unpaired) electrons. The largest absolute Gasteiger partial charge is 0.510 e. The van der Waals surface area contributed by atoms with Crippen LogP contribution < -0.4 is 5.73 Å². The minimum atomic E-state index is -2.62. The Kier molecular flexibility index (Phi) is 6.36. The third-order valence-corrected chi connectivity index (χ3v) is 9.52. The quantitative estimate of drug-likeness (QED) is 0.303. The number of hydrogen-bond acceptors (Lipinski definition) is 9. The number of benzene rings is 1. The highest BCUT2D eigenvalue weighted by molar-refractivity contribution is 6.24. The molecule has 1 aromatic carbocycles. The van der Waals surface area contributed by atoms with Crippen LogP contribution in [-0.2, 0) is 22.6 Å². The smallest absolute Gasteiger partial charge is 0.255 e. The third kappa shape index (κ3) is 4.15. The normalized spacial score (nSPS) is 30.1. The average Bonchev–Trinajstić information content (AvgIpc) is 3.80. The van der Waals surface area contributed by atoms with Crippen LogP contribution in [0.3, 0.4) is 0 Å². The van der Waals surface area contributed by atoms with Crippen LogP contribution in [0.4, 0.5) is 0 Å². The van der Waals surface area contributed by atoms with E-state index in [1.54, 1.807) is 19.0 Å². The van der Waals surface area contributed by atoms with Gasteiger partial charge in [0.25, 0.3) is 5.91 Å². The van der Waals surface area contributed by atoms with Gasteiger partial charge in [-0.1, -0.05) is 6.07 Å². The Morgan fingerprint density at radius 1 is 1.05 bits per heavy atom. The first kappa shape index (κ1) is 27.0. The number of rotatable bonds is 8. The van der Waals surface area contributed by atoms with Crippen molar-refractivity contribution in [2.75, 3.05) is 27.2 Å². The zero-order chi connectivity index (χ0) is 28.7. The first-order valence-corrected chi connectivity index (χ1v) is 14.1. The number of nitrogens with two attached hydrogens (primary N) is 1. The van der Waals surface area contributed by atoms with E-state index in [1.165, 1.54) is 31.7 Å². The Balaban J connectivity index is 1.42. The highest BCUT2D eigenvalue weighted by atomic mass is 16.3. The first-order valence-electron chi connectivity index (χ1n) is 14.1. The molecule has 0 unspecified atom stereocenters. The summed E-state index contributed by atoms with van der Waals surface area (Å²) >= 11 is 0. The number of allylic oxidation sites excluding steroid dienone is 1. The molecule has 2 saturated carbocycles. The average molecular weight is 552 g/mol. The van der Waals surface area contributed by atoms with Gasteiger partial charge in [0.2, 0.25) is 5.78 Å². The van der Waals surface area contributed by atoms with E-state index < -0.39 is 58.0 Å². The summed E-state index contributed by atoms with van der Waals surface area (Å²) in [7, 11) is 3.25. The fraction of sp³-hybridized carbons (Fsp3) is 0.567. The summed E-state index contributed by atoms with van der Waals surface area (Å²) in [4.78, 5) is 43.5. The van der Waals surface area contributed by atoms with Gasteiger partial charge in [-0.2, -0.15) is 0 Å². The second-order valence-corrected chi connectivity index (χ2v) is 12.6. The second-order valence-electron chi connectivity index (χ2n) is 12.6. The molecule has 1 amide bonds. The van der Waals surface area contributed by atoms with Gasteiger partial charge < -0.3 is 26.2 Å². The number of nitrogens with zero attached hydrogens (tertiary/aromatic N) is 2. The van der Waals surface area contributed by atoms with Crippen molar-refractivity contribution < 1.29 is 34.8 Å². The number of amides is 1. The van der Waals surface area contributed by atoms with Crippen molar-refractivity contribution in [3.05, 3.63) is 51.5 Å². The van der Waals surface area contributed by atoms with Gasteiger partial charge in [-0.25, -0.2) is 0 Å². The fourth-order valence-corrected chi connectivity index (χ4v) is 7.24. The Bertz CT molecular complexity index is 1360. The lowest BCUT2D eigenvalue weighted by Crippen LogP contribution is -2.63. The molecule has 0 aliphatic heterocycles. The van der Waals surface area contributed by atoms with Gasteiger partial charge in [0.15, 0.2) is 11.4 Å². The zero-order valence-electron chi connectivity index (χ0n) is 22.9. The van der Waals surface area contributed by atoms with Gasteiger partial charge >= 0.3 is 0 Å². The number of carbonyl (C=O) groups excluding carboxylic acids is 3. The molecule has 1 aromatic rings. The summed E-state index contributed by atoms with van der Waals surface area (Å²) in [5, 5.41) is 44.9. The van der Waals surface area contributed by atoms with Crippen molar-refractivity contribution in [2.24, 2.45) is 29.4 Å². The maximum atomic E-state index is 13.9. The van der Waals surface area contributed by atoms with E-state index in [9.17, 15) is 34.8 Å². The fourth-order valence-electron chi connectivity index (χ4n) is 7.24. The monoisotopic (exact) mass is 551 g/mol. The summed E-state index contributed by atoms with van der Waals surface area (Å²) in [5.74, 6) is -4.90. The van der Waals surface area contributed by atoms with Crippen LogP contribution in [0, 0.1) is 23.7 Å². The number of hydrogen-bond donors (Lipinski definition) is 5. The molecular weight excluding hydrogens is 514 g/mol. The van der Waals surface area contributed by atoms with Gasteiger partial charge in [-0.3, -0.25) is 24.2 Å². The van der Waals surface area contributed by atoms with Gasteiger partial charge in [0, 0.05) is 31.1 Å². The van der Waals surface area contributed by atoms with E-state index in [0.717, 1.165) is 24.2 Å². The van der Waals surface area contributed by atoms with Crippen molar-refractivity contribution >= 4 is 17.5 Å². The maximum absolute atomic E-state index is 13.9. The molecule has 0 heterocycles. The van der Waals surface area contributed by atoms with Crippen LogP contribution in [-0.4, -0.2) is 86.5 Å². The summed E-state index contributed by atoms with van der Waals surface area (Å²) in [5.41, 5.74) is 3.59. The minimum absolute atomic E-state index is 0.0797. The van der Waals surface area contributed by atoms with Crippen LogP contribution in [0.2, 0.25) is 0 Å². The molecule has 5 aliphatic rings. The topological polar surface area (TPSA) is 165 Å². The van der Waals surface area contributed by atoms with Crippen molar-refractivity contribution in [2.45, 2.75) is 56.7 Å². The summed E-state index contributed by atoms with van der Waals surface area (Å²) in [6, 6.07) is 2.36. The van der Waals surface area contributed by atoms with E-state index in [0.29, 0.717) is 24.8 Å². The number of fused-ring (bicyclic) bond motifs is 3. The maximum Gasteiger partial charge on any atom is 0.255 e. The summed E-state index contributed by atoms with van der Waals surface area (Å²) < 4.78 is 0. The molecule has 10 heteroatoms. The first-order chi connectivity index (χ1) is 18.9. The Morgan fingerprint density at radius 2 is 1.68 bits per heavy atom. The Labute approximate surface area is 232 Å². The van der Waals surface area contributed by atoms with Crippen LogP contribution in [0.5, 0.6) is 5.75 Å². The number of phenolic OH excluding ortho intramolecular Hbond substituents is 1. The Morgan fingerprint density at radius 3 is 2.23 bits per heavy atom. The molecule has 2 fully saturated rings. The number of primary amides is 1. The van der Waals surface area contributed by atoms with Crippen molar-refractivity contribution in [1.82, 2.24) is 9.80 Å². The standard InChI is InChI=1S/C30H37N3O7/c1-32(2)24-19-10-17-9-18-16(13-33(11-14-3-4-14)12-15-5-6-15)7-8-20(34)22(18)25(35)21(17)27(37)30(19,40)28(38)23(26(24)36)29(31)39/h7-8,14-15,17,19,24,34,36-37,40H,3-6,9-13H2,1-2H3,(H2,31,39)/t17-,19-,24-,30-/m0/s1. The Hall–Kier alpha value is -3.21. The molecule has 10 nitrogen and oxygen atoms in total. The predicted octanol–water partition coefficient (Wildman–Crippen LogP) is 1.74. The minimum Gasteiger partial charge on any atom is -0.510 e. The number of aliphatic hydroxyl groups excluding tert-OH is 2. The molecule has 4 atom stereocenters. The second kappa shape index (κ2) is 9.43. The van der Waals surface area contributed by atoms with E-state index in [2.05, 4.69) is 4.90 Å². The lowest BCUT2D eigenvalue weighted by atomic mass is 9.58. The predicted molar refractivity (Wildman–Crippen MR) is 144 cm³/mol. The van der Waals surface area contributed by atoms with Crippen LogP contribution in [0.15, 0.2) is 34.8 Å². The lowest BCUT2D eigenvalue weighted by Gasteiger charge is -2.50. The molecule has 6 rings (SSSR count). The summed E-state index contributed by atoms with van der Waals surface area (Å²) in [6.07, 6.45) is 5.35. The number of likely N-dealkylation sites (N-methyl/N-ethyl adjacent to an activating group) is 1. The van der Waals surface area contributed by atoms with Gasteiger partial charge in [-0.05, 0) is 87.6 Å². The number of aromatic hydroxyl groups is 1. The third-order valence-electron chi connectivity index (χ3n) is 9.52. The molecule has 40 heavy (non-hydrogen) atoms. The highest BCUT2D eigenvalue weighted by Gasteiger charge is 2.63. The van der Waals surface area contributed by atoms with Crippen molar-refractivity contribution in [3.63, 3.8) is 0 Å². The molecule has 214 valence electrons. The highest BCUT2D eigenvalue weighted by Crippen LogP contribution is 2.52. The van der Waals surface area contributed by atoms with Crippen molar-refractivity contribution in [3.8, 4) is 5.75 Å². The molecule has 0 bridgehead atoms. The van der Waals surface area contributed by atoms with Gasteiger partial charge in [-0.15, -0.1) is 0 Å². The SMILES string of the molecule is CN(C)[C@@H]1C(O)=C(C(N)=O)C(=O)[C@@]2(O)C(O)=C3C(=O)c4c(O)ccc(CN(CC5CC5)CC5CC5)c4C[C@H]3C[C@@H]12. The summed E-state index contributed by atoms with van der Waals surface area (Å²) in [6.45, 7) is 2.66.